The lowest BCUT2D eigenvalue weighted by Crippen LogP contribution is -2.20. The highest BCUT2D eigenvalue weighted by Gasteiger charge is 2.34. The number of thioether (sulfide) groups is 1. The maximum Gasteiger partial charge on any atom is 0.433 e. The molecule has 1 aromatic heterocycles. The number of aromatic nitrogens is 1. The monoisotopic (exact) mass is 458 g/mol. The molecule has 0 amide bonds. The molecular weight excluding hydrogens is 437 g/mol. The molecule has 166 valence electrons. The van der Waals surface area contributed by atoms with Crippen molar-refractivity contribution in [3.8, 4) is 11.8 Å². The van der Waals surface area contributed by atoms with Gasteiger partial charge in [-0.25, -0.2) is 10.4 Å². The molecule has 0 unspecified atom stereocenters. The minimum absolute atomic E-state index is 0.0520. The summed E-state index contributed by atoms with van der Waals surface area (Å²) in [6.45, 7) is 1.99. The number of pyridine rings is 1. The number of hydrazine groups is 1. The van der Waals surface area contributed by atoms with Crippen LogP contribution in [0.15, 0.2) is 59.6 Å². The molecular formula is C23H21F3N4OS. The fourth-order valence-corrected chi connectivity index (χ4v) is 4.03. The van der Waals surface area contributed by atoms with Gasteiger partial charge in [0.1, 0.15) is 22.5 Å². The summed E-state index contributed by atoms with van der Waals surface area (Å²) in [4.78, 5) is 3.70. The fourth-order valence-electron chi connectivity index (χ4n) is 3.00. The van der Waals surface area contributed by atoms with Crippen molar-refractivity contribution < 1.29 is 17.9 Å². The maximum atomic E-state index is 13.2. The van der Waals surface area contributed by atoms with Crippen LogP contribution in [0.2, 0.25) is 0 Å². The van der Waals surface area contributed by atoms with Crippen molar-refractivity contribution in [2.24, 2.45) is 0 Å². The van der Waals surface area contributed by atoms with Gasteiger partial charge in [-0.3, -0.25) is 0 Å². The van der Waals surface area contributed by atoms with Crippen molar-refractivity contribution in [2.75, 3.05) is 12.5 Å². The third-order valence-electron chi connectivity index (χ3n) is 4.59. The van der Waals surface area contributed by atoms with Crippen molar-refractivity contribution in [3.63, 3.8) is 0 Å². The van der Waals surface area contributed by atoms with Crippen LogP contribution in [0.3, 0.4) is 0 Å². The van der Waals surface area contributed by atoms with Crippen molar-refractivity contribution in [1.29, 1.82) is 5.26 Å². The second-order valence-electron chi connectivity index (χ2n) is 6.89. The average molecular weight is 459 g/mol. The molecule has 3 aromatic rings. The number of nitrogens with zero attached hydrogens (tertiary/aromatic N) is 2. The van der Waals surface area contributed by atoms with Gasteiger partial charge in [-0.2, -0.15) is 18.4 Å². The predicted molar refractivity (Wildman–Crippen MR) is 118 cm³/mol. The number of aryl methyl sites for hydroxylation is 1. The van der Waals surface area contributed by atoms with Crippen molar-refractivity contribution in [1.82, 2.24) is 10.4 Å². The minimum Gasteiger partial charge on any atom is -0.496 e. The maximum absolute atomic E-state index is 13.2. The Morgan fingerprint density at radius 2 is 1.88 bits per heavy atom. The Morgan fingerprint density at radius 1 is 1.12 bits per heavy atom. The topological polar surface area (TPSA) is 70.0 Å². The number of halogens is 3. The summed E-state index contributed by atoms with van der Waals surface area (Å²) in [6, 6.07) is 18.1. The molecule has 0 aliphatic heterocycles. The summed E-state index contributed by atoms with van der Waals surface area (Å²) in [5, 5.41) is 9.45. The summed E-state index contributed by atoms with van der Waals surface area (Å²) >= 11 is 1.08. The van der Waals surface area contributed by atoms with E-state index >= 15 is 0 Å². The Kier molecular flexibility index (Phi) is 7.62. The number of rotatable bonds is 8. The van der Waals surface area contributed by atoms with E-state index in [0.29, 0.717) is 18.0 Å². The second-order valence-corrected chi connectivity index (χ2v) is 7.86. The molecule has 0 fully saturated rings. The van der Waals surface area contributed by atoms with E-state index in [2.05, 4.69) is 15.8 Å². The fraction of sp³-hybridized carbons (Fsp3) is 0.217. The van der Waals surface area contributed by atoms with Crippen LogP contribution in [-0.2, 0) is 18.5 Å². The van der Waals surface area contributed by atoms with Crippen LogP contribution < -0.4 is 15.6 Å². The number of para-hydroxylation sites is 1. The van der Waals surface area contributed by atoms with Gasteiger partial charge < -0.3 is 10.2 Å². The highest BCUT2D eigenvalue weighted by molar-refractivity contribution is 7.98. The van der Waals surface area contributed by atoms with E-state index in [0.717, 1.165) is 34.6 Å². The van der Waals surface area contributed by atoms with Crippen LogP contribution in [0.25, 0.3) is 0 Å². The largest absolute Gasteiger partial charge is 0.496 e. The number of hydrogen-bond acceptors (Lipinski definition) is 6. The van der Waals surface area contributed by atoms with E-state index in [1.165, 1.54) is 14.0 Å². The van der Waals surface area contributed by atoms with Gasteiger partial charge in [0.15, 0.2) is 0 Å². The summed E-state index contributed by atoms with van der Waals surface area (Å²) < 4.78 is 44.9. The van der Waals surface area contributed by atoms with E-state index in [9.17, 15) is 18.4 Å². The van der Waals surface area contributed by atoms with Gasteiger partial charge in [-0.1, -0.05) is 24.3 Å². The molecule has 0 aliphatic carbocycles. The molecule has 0 radical (unpaired) electrons. The van der Waals surface area contributed by atoms with Crippen molar-refractivity contribution >= 4 is 17.4 Å². The van der Waals surface area contributed by atoms with Crippen LogP contribution in [0.1, 0.15) is 27.9 Å². The van der Waals surface area contributed by atoms with Gasteiger partial charge >= 0.3 is 6.18 Å². The van der Waals surface area contributed by atoms with E-state index in [-0.39, 0.29) is 16.2 Å². The number of nitriles is 1. The summed E-state index contributed by atoms with van der Waals surface area (Å²) in [6.07, 6.45) is -4.58. The van der Waals surface area contributed by atoms with Crippen LogP contribution >= 0.6 is 11.8 Å². The Morgan fingerprint density at radius 3 is 2.53 bits per heavy atom. The molecule has 1 heterocycles. The van der Waals surface area contributed by atoms with Crippen LogP contribution in [-0.4, -0.2) is 12.1 Å². The minimum atomic E-state index is -4.58. The summed E-state index contributed by atoms with van der Waals surface area (Å²) in [7, 11) is 1.53. The lowest BCUT2D eigenvalue weighted by atomic mass is 10.1. The lowest BCUT2D eigenvalue weighted by Gasteiger charge is -2.14. The number of alkyl halides is 3. The first-order valence-corrected chi connectivity index (χ1v) is 10.6. The first-order chi connectivity index (χ1) is 15.3. The molecule has 0 bridgehead atoms. The first-order valence-electron chi connectivity index (χ1n) is 9.63. The van der Waals surface area contributed by atoms with Crippen LogP contribution in [0.4, 0.5) is 18.9 Å². The quantitative estimate of drug-likeness (QED) is 0.333. The molecule has 2 aromatic carbocycles. The molecule has 0 spiro atoms. The van der Waals surface area contributed by atoms with Gasteiger partial charge in [0.25, 0.3) is 0 Å². The van der Waals surface area contributed by atoms with Crippen LogP contribution in [0.5, 0.6) is 5.75 Å². The Labute approximate surface area is 188 Å². The SMILES string of the molecule is COc1ccc(CNNc2ccccc2)cc1CSc1nc(C(F)(F)F)cc(C)c1C#N. The zero-order valence-corrected chi connectivity index (χ0v) is 18.3. The molecule has 0 aliphatic rings. The average Bonchev–Trinajstić information content (AvgIpc) is 2.77. The number of benzene rings is 2. The number of nitrogens with one attached hydrogen (secondary N) is 2. The van der Waals surface area contributed by atoms with E-state index in [1.807, 2.05) is 54.6 Å². The predicted octanol–water partition coefficient (Wildman–Crippen LogP) is 5.70. The third-order valence-corrected chi connectivity index (χ3v) is 5.62. The van der Waals surface area contributed by atoms with Crippen molar-refractivity contribution in [3.05, 3.63) is 82.5 Å². The van der Waals surface area contributed by atoms with E-state index < -0.39 is 11.9 Å². The molecule has 0 atom stereocenters. The smallest absolute Gasteiger partial charge is 0.433 e. The number of anilines is 1. The zero-order valence-electron chi connectivity index (χ0n) is 17.5. The lowest BCUT2D eigenvalue weighted by molar-refractivity contribution is -0.141. The molecule has 0 saturated carbocycles. The summed E-state index contributed by atoms with van der Waals surface area (Å²) in [5.41, 5.74) is 8.28. The normalized spacial score (nSPS) is 11.1. The molecule has 32 heavy (non-hydrogen) atoms. The standard InChI is InChI=1S/C23H21F3N4OS/c1-15-10-21(23(24,25)26)29-22(19(15)12-27)32-14-17-11-16(8-9-20(17)31-2)13-28-30-18-6-4-3-5-7-18/h3-11,28,30H,13-14H2,1-2H3. The second kappa shape index (κ2) is 10.4. The Balaban J connectivity index is 1.76. The van der Waals surface area contributed by atoms with Gasteiger partial charge in [-0.15, -0.1) is 11.8 Å². The van der Waals surface area contributed by atoms with E-state index in [4.69, 9.17) is 4.74 Å². The molecule has 9 heteroatoms. The van der Waals surface area contributed by atoms with Gasteiger partial charge in [0, 0.05) is 23.5 Å². The number of hydrogen-bond donors (Lipinski definition) is 2. The van der Waals surface area contributed by atoms with Gasteiger partial charge in [0.2, 0.25) is 0 Å². The van der Waals surface area contributed by atoms with Crippen molar-refractivity contribution in [2.45, 2.75) is 30.4 Å². The highest BCUT2D eigenvalue weighted by Crippen LogP contribution is 2.35. The molecule has 0 saturated heterocycles. The summed E-state index contributed by atoms with van der Waals surface area (Å²) in [5.74, 6) is 0.908. The number of ether oxygens (including phenoxy) is 1. The van der Waals surface area contributed by atoms with E-state index in [1.54, 1.807) is 0 Å². The van der Waals surface area contributed by atoms with Gasteiger partial charge in [0.05, 0.1) is 12.7 Å². The van der Waals surface area contributed by atoms with Crippen LogP contribution in [0, 0.1) is 18.3 Å². The molecule has 2 N–H and O–H groups in total. The van der Waals surface area contributed by atoms with Gasteiger partial charge in [-0.05, 0) is 48.4 Å². The zero-order chi connectivity index (χ0) is 23.1. The Hall–Kier alpha value is -3.22. The highest BCUT2D eigenvalue weighted by atomic mass is 32.2. The third kappa shape index (κ3) is 5.93. The number of methoxy groups -OCH3 is 1. The first kappa shape index (κ1) is 23.4. The Bertz CT molecular complexity index is 1110. The molecule has 3 rings (SSSR count). The molecule has 5 nitrogen and oxygen atoms in total.